The van der Waals surface area contributed by atoms with Gasteiger partial charge in [0.1, 0.15) is 6.61 Å². The summed E-state index contributed by atoms with van der Waals surface area (Å²) in [6.45, 7) is -0.368. The van der Waals surface area contributed by atoms with Crippen LogP contribution >= 0.6 is 0 Å². The topological polar surface area (TPSA) is 64.3 Å². The maximum atomic E-state index is 12.9. The number of rotatable bonds is 2. The van der Waals surface area contributed by atoms with E-state index in [9.17, 15) is 13.6 Å². The van der Waals surface area contributed by atoms with Crippen molar-refractivity contribution in [1.82, 2.24) is 5.43 Å². The fourth-order valence-electron chi connectivity index (χ4n) is 0.845. The van der Waals surface area contributed by atoms with Crippen molar-refractivity contribution in [1.29, 1.82) is 0 Å². The number of halogens is 2. The monoisotopic (exact) mass is 202 g/mol. The number of hydrazine groups is 1. The van der Waals surface area contributed by atoms with Crippen molar-refractivity contribution in [3.63, 3.8) is 0 Å². The molecule has 0 atom stereocenters. The van der Waals surface area contributed by atoms with E-state index in [0.29, 0.717) is 0 Å². The first-order valence-electron chi connectivity index (χ1n) is 3.71. The number of carbonyl (C=O) groups excluding carboxylic acids is 1. The largest absolute Gasteiger partial charge is 0.444 e. The van der Waals surface area contributed by atoms with E-state index in [4.69, 9.17) is 5.84 Å². The molecule has 0 aliphatic heterocycles. The van der Waals surface area contributed by atoms with Gasteiger partial charge in [-0.3, -0.25) is 5.43 Å². The van der Waals surface area contributed by atoms with Gasteiger partial charge in [0.25, 0.3) is 0 Å². The van der Waals surface area contributed by atoms with Gasteiger partial charge in [-0.2, -0.15) is 0 Å². The van der Waals surface area contributed by atoms with Crippen LogP contribution in [0.5, 0.6) is 0 Å². The average Bonchev–Trinajstić information content (AvgIpc) is 2.20. The summed E-state index contributed by atoms with van der Waals surface area (Å²) >= 11 is 0. The lowest BCUT2D eigenvalue weighted by atomic mass is 10.2. The van der Waals surface area contributed by atoms with Crippen molar-refractivity contribution in [3.05, 3.63) is 35.4 Å². The molecule has 14 heavy (non-hydrogen) atoms. The number of benzene rings is 1. The van der Waals surface area contributed by atoms with Gasteiger partial charge in [-0.25, -0.2) is 19.4 Å². The number of nitrogens with two attached hydrogens (primary N) is 1. The minimum absolute atomic E-state index is 0.0476. The lowest BCUT2D eigenvalue weighted by molar-refractivity contribution is 0.138. The zero-order chi connectivity index (χ0) is 10.6. The molecule has 0 aliphatic carbocycles. The highest BCUT2D eigenvalue weighted by Crippen LogP contribution is 2.11. The van der Waals surface area contributed by atoms with Crippen LogP contribution in [0.4, 0.5) is 13.6 Å². The predicted molar refractivity (Wildman–Crippen MR) is 43.9 cm³/mol. The summed E-state index contributed by atoms with van der Waals surface area (Å²) in [6, 6.07) is 3.60. The number of hydrogen-bond donors (Lipinski definition) is 2. The van der Waals surface area contributed by atoms with Crippen LogP contribution in [0.15, 0.2) is 18.2 Å². The summed E-state index contributed by atoms with van der Waals surface area (Å²) in [5, 5.41) is 0. The highest BCUT2D eigenvalue weighted by molar-refractivity contribution is 5.66. The van der Waals surface area contributed by atoms with E-state index in [1.807, 2.05) is 0 Å². The SMILES string of the molecule is NNC(=O)OCc1cccc(F)c1F. The van der Waals surface area contributed by atoms with E-state index >= 15 is 0 Å². The second-order valence-electron chi connectivity index (χ2n) is 2.43. The van der Waals surface area contributed by atoms with Crippen LogP contribution in [0.1, 0.15) is 5.56 Å². The molecular weight excluding hydrogens is 194 g/mol. The Labute approximate surface area is 78.6 Å². The lowest BCUT2D eigenvalue weighted by Crippen LogP contribution is -2.30. The van der Waals surface area contributed by atoms with E-state index in [1.54, 1.807) is 5.43 Å². The third-order valence-electron chi connectivity index (χ3n) is 1.51. The van der Waals surface area contributed by atoms with Crippen molar-refractivity contribution in [2.45, 2.75) is 6.61 Å². The Hall–Kier alpha value is -1.69. The number of hydrogen-bond acceptors (Lipinski definition) is 3. The van der Waals surface area contributed by atoms with E-state index in [0.717, 1.165) is 6.07 Å². The molecule has 6 heteroatoms. The van der Waals surface area contributed by atoms with Crippen LogP contribution in [0.2, 0.25) is 0 Å². The fraction of sp³-hybridized carbons (Fsp3) is 0.125. The zero-order valence-corrected chi connectivity index (χ0v) is 7.09. The van der Waals surface area contributed by atoms with E-state index in [-0.39, 0.29) is 12.2 Å². The molecule has 0 saturated carbocycles. The summed E-state index contributed by atoms with van der Waals surface area (Å²) in [5.41, 5.74) is 1.64. The van der Waals surface area contributed by atoms with E-state index in [1.165, 1.54) is 12.1 Å². The van der Waals surface area contributed by atoms with Crippen molar-refractivity contribution >= 4 is 6.09 Å². The number of ether oxygens (including phenoxy) is 1. The van der Waals surface area contributed by atoms with Gasteiger partial charge < -0.3 is 4.74 Å². The number of carbonyl (C=O) groups is 1. The van der Waals surface area contributed by atoms with Gasteiger partial charge in [0.2, 0.25) is 0 Å². The third kappa shape index (κ3) is 2.40. The van der Waals surface area contributed by atoms with Gasteiger partial charge in [0, 0.05) is 5.56 Å². The third-order valence-corrected chi connectivity index (χ3v) is 1.51. The standard InChI is InChI=1S/C8H8F2N2O2/c9-6-3-1-2-5(7(6)10)4-14-8(13)12-11/h1-3H,4,11H2,(H,12,13). The minimum atomic E-state index is -1.03. The highest BCUT2D eigenvalue weighted by atomic mass is 19.2. The van der Waals surface area contributed by atoms with Crippen molar-refractivity contribution in [2.75, 3.05) is 0 Å². The molecule has 1 aromatic rings. The molecule has 0 bridgehead atoms. The van der Waals surface area contributed by atoms with Crippen LogP contribution in [0, 0.1) is 11.6 Å². The minimum Gasteiger partial charge on any atom is -0.444 e. The summed E-state index contributed by atoms with van der Waals surface area (Å²) in [6.07, 6.45) is -0.909. The highest BCUT2D eigenvalue weighted by Gasteiger charge is 2.08. The Morgan fingerprint density at radius 1 is 1.50 bits per heavy atom. The normalized spacial score (nSPS) is 9.64. The van der Waals surface area contributed by atoms with E-state index < -0.39 is 17.7 Å². The van der Waals surface area contributed by atoms with E-state index in [2.05, 4.69) is 4.74 Å². The van der Waals surface area contributed by atoms with Crippen molar-refractivity contribution in [3.8, 4) is 0 Å². The Kier molecular flexibility index (Phi) is 3.35. The number of nitrogens with one attached hydrogen (secondary N) is 1. The first-order chi connectivity index (χ1) is 6.65. The molecule has 0 aliphatic rings. The summed E-state index contributed by atoms with van der Waals surface area (Å²) in [5.74, 6) is 2.69. The van der Waals surface area contributed by atoms with Crippen LogP contribution in [0.25, 0.3) is 0 Å². The molecule has 0 fully saturated rings. The van der Waals surface area contributed by atoms with Crippen LogP contribution in [-0.2, 0) is 11.3 Å². The maximum Gasteiger partial charge on any atom is 0.421 e. The lowest BCUT2D eigenvalue weighted by Gasteiger charge is -2.04. The maximum absolute atomic E-state index is 12.9. The molecule has 0 radical (unpaired) electrons. The number of amides is 1. The van der Waals surface area contributed by atoms with Crippen LogP contribution < -0.4 is 11.3 Å². The first-order valence-corrected chi connectivity index (χ1v) is 3.71. The average molecular weight is 202 g/mol. The molecule has 0 saturated heterocycles. The van der Waals surface area contributed by atoms with Gasteiger partial charge in [0.15, 0.2) is 11.6 Å². The molecule has 0 aromatic heterocycles. The summed E-state index contributed by atoms with van der Waals surface area (Å²) in [4.78, 5) is 10.5. The van der Waals surface area contributed by atoms with Crippen molar-refractivity contribution < 1.29 is 18.3 Å². The van der Waals surface area contributed by atoms with Gasteiger partial charge in [-0.15, -0.1) is 0 Å². The smallest absolute Gasteiger partial charge is 0.421 e. The molecule has 3 N–H and O–H groups in total. The summed E-state index contributed by atoms with van der Waals surface area (Å²) in [7, 11) is 0. The van der Waals surface area contributed by atoms with Crippen molar-refractivity contribution in [2.24, 2.45) is 5.84 Å². The summed E-state index contributed by atoms with van der Waals surface area (Å²) < 4.78 is 30.0. The van der Waals surface area contributed by atoms with Crippen LogP contribution in [0.3, 0.4) is 0 Å². The van der Waals surface area contributed by atoms with Gasteiger partial charge in [-0.1, -0.05) is 12.1 Å². The van der Waals surface area contributed by atoms with Gasteiger partial charge in [-0.05, 0) is 6.07 Å². The molecule has 1 amide bonds. The second-order valence-corrected chi connectivity index (χ2v) is 2.43. The Bertz CT molecular complexity index is 344. The fourth-order valence-corrected chi connectivity index (χ4v) is 0.845. The molecule has 0 spiro atoms. The quantitative estimate of drug-likeness (QED) is 0.428. The molecule has 0 heterocycles. The van der Waals surface area contributed by atoms with Gasteiger partial charge >= 0.3 is 6.09 Å². The second kappa shape index (κ2) is 4.52. The predicted octanol–water partition coefficient (Wildman–Crippen LogP) is 1.06. The Balaban J connectivity index is 2.68. The molecule has 76 valence electrons. The molecule has 1 aromatic carbocycles. The molecular formula is C8H8F2N2O2. The van der Waals surface area contributed by atoms with Gasteiger partial charge in [0.05, 0.1) is 0 Å². The van der Waals surface area contributed by atoms with Crippen LogP contribution in [-0.4, -0.2) is 6.09 Å². The Morgan fingerprint density at radius 3 is 2.86 bits per heavy atom. The Morgan fingerprint density at radius 2 is 2.21 bits per heavy atom. The molecule has 1 rings (SSSR count). The molecule has 4 nitrogen and oxygen atoms in total. The zero-order valence-electron chi connectivity index (χ0n) is 7.09. The first kappa shape index (κ1) is 10.4. The molecule has 0 unspecified atom stereocenters.